The third-order valence-corrected chi connectivity index (χ3v) is 4.87. The van der Waals surface area contributed by atoms with Crippen molar-refractivity contribution in [2.24, 2.45) is 0 Å². The van der Waals surface area contributed by atoms with E-state index in [1.165, 1.54) is 12.1 Å². The highest BCUT2D eigenvalue weighted by Gasteiger charge is 2.40. The van der Waals surface area contributed by atoms with Crippen molar-refractivity contribution in [2.75, 3.05) is 0 Å². The summed E-state index contributed by atoms with van der Waals surface area (Å²) in [4.78, 5) is 0. The van der Waals surface area contributed by atoms with Gasteiger partial charge in [0.1, 0.15) is 11.3 Å². The van der Waals surface area contributed by atoms with Gasteiger partial charge in [0.05, 0.1) is 0 Å². The highest BCUT2D eigenvalue weighted by Crippen LogP contribution is 2.38. The molecular formula is C25H18F8O2. The van der Waals surface area contributed by atoms with Crippen molar-refractivity contribution in [1.82, 2.24) is 0 Å². The van der Waals surface area contributed by atoms with Crippen molar-refractivity contribution in [1.29, 1.82) is 0 Å². The Morgan fingerprint density at radius 1 is 0.800 bits per heavy atom. The fraction of sp³-hybridized carbons (Fsp3) is 0.200. The number of aryl methyl sites for hydroxylation is 1. The SMILES string of the molecule is C/C=C/CCc1ccc(-c2ccc(C(F)(F)Oc3ccc(OC(F)(F)F)c(F)c3)c(F)c2F)cc1. The molecule has 10 heteroatoms. The molecule has 0 N–H and O–H groups in total. The molecule has 0 saturated heterocycles. The van der Waals surface area contributed by atoms with Crippen molar-refractivity contribution < 1.29 is 44.6 Å². The van der Waals surface area contributed by atoms with Gasteiger partial charge < -0.3 is 9.47 Å². The van der Waals surface area contributed by atoms with Gasteiger partial charge in [-0.1, -0.05) is 42.5 Å². The van der Waals surface area contributed by atoms with E-state index in [0.717, 1.165) is 24.5 Å². The van der Waals surface area contributed by atoms with E-state index in [1.54, 1.807) is 12.1 Å². The summed E-state index contributed by atoms with van der Waals surface area (Å²) in [7, 11) is 0. The van der Waals surface area contributed by atoms with E-state index in [0.29, 0.717) is 18.2 Å². The Bertz CT molecular complexity index is 1200. The molecule has 0 unspecified atom stereocenters. The average Bonchev–Trinajstić information content (AvgIpc) is 2.77. The number of rotatable bonds is 8. The molecule has 0 aliphatic heterocycles. The van der Waals surface area contributed by atoms with Gasteiger partial charge in [0.25, 0.3) is 0 Å². The lowest BCUT2D eigenvalue weighted by molar-refractivity contribution is -0.275. The summed E-state index contributed by atoms with van der Waals surface area (Å²) in [6, 6.07) is 9.23. The van der Waals surface area contributed by atoms with E-state index in [2.05, 4.69) is 9.47 Å². The van der Waals surface area contributed by atoms with Gasteiger partial charge in [0.2, 0.25) is 0 Å². The second-order valence-corrected chi connectivity index (χ2v) is 7.35. The van der Waals surface area contributed by atoms with Crippen LogP contribution >= 0.6 is 0 Å². The first-order valence-corrected chi connectivity index (χ1v) is 10.2. The van der Waals surface area contributed by atoms with Gasteiger partial charge in [-0.05, 0) is 49.1 Å². The Balaban J connectivity index is 1.82. The number of hydrogen-bond donors (Lipinski definition) is 0. The molecule has 0 amide bonds. The first kappa shape index (κ1) is 26.1. The normalized spacial score (nSPS) is 12.3. The Morgan fingerprint density at radius 2 is 1.49 bits per heavy atom. The van der Waals surface area contributed by atoms with Crippen LogP contribution in [0, 0.1) is 17.5 Å². The summed E-state index contributed by atoms with van der Waals surface area (Å²) < 4.78 is 116. The zero-order chi connectivity index (χ0) is 25.8. The van der Waals surface area contributed by atoms with Gasteiger partial charge in [-0.15, -0.1) is 13.2 Å². The summed E-state index contributed by atoms with van der Waals surface area (Å²) >= 11 is 0. The molecule has 0 aliphatic rings. The molecule has 186 valence electrons. The first-order valence-electron chi connectivity index (χ1n) is 10.2. The van der Waals surface area contributed by atoms with Crippen LogP contribution in [0.2, 0.25) is 0 Å². The Hall–Kier alpha value is -3.56. The van der Waals surface area contributed by atoms with Crippen molar-refractivity contribution in [3.63, 3.8) is 0 Å². The van der Waals surface area contributed by atoms with Gasteiger partial charge in [-0.25, -0.2) is 13.2 Å². The van der Waals surface area contributed by atoms with Crippen LogP contribution in [0.25, 0.3) is 11.1 Å². The Kier molecular flexibility index (Phi) is 7.72. The summed E-state index contributed by atoms with van der Waals surface area (Å²) in [5.41, 5.74) is -0.531. The minimum absolute atomic E-state index is 0.204. The molecule has 0 aliphatic carbocycles. The van der Waals surface area contributed by atoms with Crippen molar-refractivity contribution in [3.8, 4) is 22.6 Å². The average molecular weight is 502 g/mol. The number of ether oxygens (including phenoxy) is 2. The predicted molar refractivity (Wildman–Crippen MR) is 113 cm³/mol. The van der Waals surface area contributed by atoms with E-state index < -0.39 is 47.0 Å². The molecule has 0 aromatic heterocycles. The maximum Gasteiger partial charge on any atom is 0.573 e. The predicted octanol–water partition coefficient (Wildman–Crippen LogP) is 8.31. The third kappa shape index (κ3) is 6.52. The molecular weight excluding hydrogens is 484 g/mol. The van der Waals surface area contributed by atoms with Crippen LogP contribution in [0.3, 0.4) is 0 Å². The molecule has 3 rings (SSSR count). The molecule has 0 radical (unpaired) electrons. The molecule has 0 bridgehead atoms. The Morgan fingerprint density at radius 3 is 2.09 bits per heavy atom. The largest absolute Gasteiger partial charge is 0.573 e. The van der Waals surface area contributed by atoms with E-state index in [1.807, 2.05) is 19.1 Å². The lowest BCUT2D eigenvalue weighted by atomic mass is 9.99. The third-order valence-electron chi connectivity index (χ3n) is 4.87. The standard InChI is InChI=1S/C25H18F8O2/c1-2-3-4-5-15-6-8-16(9-7-15)18-11-12-19(23(28)22(18)27)24(29,30)34-17-10-13-21(20(26)14-17)35-25(31,32)33/h2-3,6-14H,4-5H2,1H3/b3-2+. The van der Waals surface area contributed by atoms with Crippen molar-refractivity contribution in [3.05, 3.63) is 95.3 Å². The number of halogens is 8. The summed E-state index contributed by atoms with van der Waals surface area (Å²) in [5.74, 6) is -7.29. The second-order valence-electron chi connectivity index (χ2n) is 7.35. The number of allylic oxidation sites excluding steroid dienone is 2. The van der Waals surface area contributed by atoms with Gasteiger partial charge in [-0.3, -0.25) is 0 Å². The molecule has 3 aromatic rings. The van der Waals surface area contributed by atoms with Crippen molar-refractivity contribution in [2.45, 2.75) is 32.2 Å². The number of alkyl halides is 5. The van der Waals surface area contributed by atoms with E-state index in [4.69, 9.17) is 0 Å². The summed E-state index contributed by atoms with van der Waals surface area (Å²) in [6.07, 6.45) is -4.27. The second kappa shape index (κ2) is 10.4. The van der Waals surface area contributed by atoms with E-state index >= 15 is 0 Å². The first-order chi connectivity index (χ1) is 16.4. The maximum absolute atomic E-state index is 14.7. The monoisotopic (exact) mass is 502 g/mol. The van der Waals surface area contributed by atoms with Gasteiger partial charge in [0.15, 0.2) is 23.2 Å². The van der Waals surface area contributed by atoms with Gasteiger partial charge in [-0.2, -0.15) is 8.78 Å². The highest BCUT2D eigenvalue weighted by atomic mass is 19.4. The highest BCUT2D eigenvalue weighted by molar-refractivity contribution is 5.65. The topological polar surface area (TPSA) is 18.5 Å². The minimum Gasteiger partial charge on any atom is -0.429 e. The molecule has 0 atom stereocenters. The van der Waals surface area contributed by atoms with Gasteiger partial charge in [0, 0.05) is 11.6 Å². The Labute approximate surface area is 195 Å². The van der Waals surface area contributed by atoms with Gasteiger partial charge >= 0.3 is 12.5 Å². The molecule has 2 nitrogen and oxygen atoms in total. The van der Waals surface area contributed by atoms with E-state index in [9.17, 15) is 35.1 Å². The molecule has 3 aromatic carbocycles. The van der Waals surface area contributed by atoms with Crippen LogP contribution < -0.4 is 9.47 Å². The fourth-order valence-electron chi connectivity index (χ4n) is 3.22. The van der Waals surface area contributed by atoms with Crippen molar-refractivity contribution >= 4 is 0 Å². The molecule has 0 fully saturated rings. The molecule has 0 heterocycles. The zero-order valence-corrected chi connectivity index (χ0v) is 18.1. The zero-order valence-electron chi connectivity index (χ0n) is 18.1. The lowest BCUT2D eigenvalue weighted by Crippen LogP contribution is -2.24. The molecule has 0 saturated carbocycles. The van der Waals surface area contributed by atoms with Crippen LogP contribution in [0.15, 0.2) is 66.7 Å². The smallest absolute Gasteiger partial charge is 0.429 e. The number of benzene rings is 3. The summed E-state index contributed by atoms with van der Waals surface area (Å²) in [6.45, 7) is 1.89. The lowest BCUT2D eigenvalue weighted by Gasteiger charge is -2.20. The van der Waals surface area contributed by atoms with Crippen LogP contribution in [0.1, 0.15) is 24.5 Å². The fourth-order valence-corrected chi connectivity index (χ4v) is 3.22. The quantitative estimate of drug-likeness (QED) is 0.228. The minimum atomic E-state index is -5.21. The number of hydrogen-bond acceptors (Lipinski definition) is 2. The van der Waals surface area contributed by atoms with Crippen LogP contribution in [-0.4, -0.2) is 6.36 Å². The van der Waals surface area contributed by atoms with Crippen LogP contribution in [0.5, 0.6) is 11.5 Å². The molecule has 35 heavy (non-hydrogen) atoms. The molecule has 0 spiro atoms. The summed E-state index contributed by atoms with van der Waals surface area (Å²) in [5, 5.41) is 0. The van der Waals surface area contributed by atoms with Crippen LogP contribution in [-0.2, 0) is 12.5 Å². The maximum atomic E-state index is 14.7. The van der Waals surface area contributed by atoms with E-state index in [-0.39, 0.29) is 17.2 Å². The van der Waals surface area contributed by atoms with Crippen LogP contribution in [0.4, 0.5) is 35.1 Å².